The number of carbonyl (C=O) groups excluding carboxylic acids is 2. The average molecular weight is 451 g/mol. The summed E-state index contributed by atoms with van der Waals surface area (Å²) in [6.45, 7) is 0. The van der Waals surface area contributed by atoms with E-state index in [1.54, 1.807) is 19.2 Å². The van der Waals surface area contributed by atoms with Gasteiger partial charge in [-0.3, -0.25) is 9.59 Å². The molecule has 1 atom stereocenters. The van der Waals surface area contributed by atoms with Gasteiger partial charge in [0, 0.05) is 24.3 Å². The van der Waals surface area contributed by atoms with Crippen LogP contribution in [0.4, 0.5) is 0 Å². The second kappa shape index (κ2) is 10.9. The van der Waals surface area contributed by atoms with Gasteiger partial charge < -0.3 is 10.1 Å². The highest BCUT2D eigenvalue weighted by Crippen LogP contribution is 2.31. The summed E-state index contributed by atoms with van der Waals surface area (Å²) < 4.78 is 5.28. The minimum absolute atomic E-state index is 0.0492. The van der Waals surface area contributed by atoms with E-state index in [4.69, 9.17) is 4.74 Å². The molecule has 1 aliphatic rings. The van der Waals surface area contributed by atoms with Crippen LogP contribution >= 0.6 is 0 Å². The Balaban J connectivity index is 1.66. The van der Waals surface area contributed by atoms with E-state index in [1.807, 2.05) is 66.7 Å². The maximum absolute atomic E-state index is 13.0. The smallest absolute Gasteiger partial charge is 0.231 e. The molecule has 0 aliphatic heterocycles. The van der Waals surface area contributed by atoms with E-state index in [-0.39, 0.29) is 18.2 Å². The molecule has 1 fully saturated rings. The zero-order chi connectivity index (χ0) is 23.8. The standard InChI is InChI=1S/C30H28NO3/c1-34-28-19-17-27(18-20-28)30(22-32,31-29(33)25-15-8-16-25)21-26-13-6-5-12-24(26)14-7-11-23-9-3-2-4-10-23/h2-6,9-10,12-13,17-20,25H,8,11,15-16,21H2,1H3,(H,31,33). The van der Waals surface area contributed by atoms with Crippen molar-refractivity contribution >= 4 is 12.2 Å². The third-order valence-corrected chi connectivity index (χ3v) is 6.40. The number of benzene rings is 3. The van der Waals surface area contributed by atoms with Crippen molar-refractivity contribution < 1.29 is 14.3 Å². The quantitative estimate of drug-likeness (QED) is 0.504. The zero-order valence-corrected chi connectivity index (χ0v) is 19.3. The normalized spacial score (nSPS) is 14.6. The van der Waals surface area contributed by atoms with Crippen LogP contribution in [0.5, 0.6) is 5.75 Å². The summed E-state index contributed by atoms with van der Waals surface area (Å²) >= 11 is 0. The van der Waals surface area contributed by atoms with Gasteiger partial charge in [0.25, 0.3) is 0 Å². The monoisotopic (exact) mass is 450 g/mol. The van der Waals surface area contributed by atoms with Gasteiger partial charge >= 0.3 is 0 Å². The number of ether oxygens (including phenoxy) is 1. The summed E-state index contributed by atoms with van der Waals surface area (Å²) in [5, 5.41) is 3.04. The van der Waals surface area contributed by atoms with Crippen LogP contribution in [0.15, 0.2) is 78.9 Å². The van der Waals surface area contributed by atoms with Crippen LogP contribution in [0, 0.1) is 17.8 Å². The van der Waals surface area contributed by atoms with Gasteiger partial charge in [0.15, 0.2) is 0 Å². The molecule has 4 heteroatoms. The van der Waals surface area contributed by atoms with Crippen LogP contribution in [0.25, 0.3) is 0 Å². The molecule has 1 aliphatic carbocycles. The molecule has 0 spiro atoms. The fraction of sp³-hybridized carbons (Fsp3) is 0.267. The van der Waals surface area contributed by atoms with E-state index in [0.29, 0.717) is 17.7 Å². The van der Waals surface area contributed by atoms with Crippen molar-refractivity contribution in [1.29, 1.82) is 0 Å². The highest BCUT2D eigenvalue weighted by atomic mass is 16.5. The number of hydrogen-bond donors (Lipinski definition) is 1. The Kier molecular flexibility index (Phi) is 7.44. The van der Waals surface area contributed by atoms with E-state index in [9.17, 15) is 9.59 Å². The lowest BCUT2D eigenvalue weighted by Crippen LogP contribution is -2.51. The Hall–Kier alpha value is -3.84. The molecule has 1 radical (unpaired) electrons. The van der Waals surface area contributed by atoms with Crippen LogP contribution in [0.3, 0.4) is 0 Å². The van der Waals surface area contributed by atoms with Crippen molar-refractivity contribution in [3.8, 4) is 17.6 Å². The topological polar surface area (TPSA) is 55.4 Å². The molecule has 0 bridgehead atoms. The van der Waals surface area contributed by atoms with E-state index in [1.165, 1.54) is 0 Å². The van der Waals surface area contributed by atoms with Crippen molar-refractivity contribution in [2.45, 2.75) is 37.6 Å². The lowest BCUT2D eigenvalue weighted by Gasteiger charge is -2.33. The Morgan fingerprint density at radius 1 is 1.00 bits per heavy atom. The minimum atomic E-state index is -1.31. The highest BCUT2D eigenvalue weighted by molar-refractivity contribution is 5.85. The van der Waals surface area contributed by atoms with E-state index in [0.717, 1.165) is 36.0 Å². The van der Waals surface area contributed by atoms with Gasteiger partial charge in [0.05, 0.1) is 7.11 Å². The molecule has 1 N–H and O–H groups in total. The van der Waals surface area contributed by atoms with Crippen LogP contribution in [-0.4, -0.2) is 19.3 Å². The predicted molar refractivity (Wildman–Crippen MR) is 133 cm³/mol. The first kappa shape index (κ1) is 23.3. The van der Waals surface area contributed by atoms with Gasteiger partial charge in [-0.2, -0.15) is 0 Å². The lowest BCUT2D eigenvalue weighted by atomic mass is 9.80. The molecule has 34 heavy (non-hydrogen) atoms. The Bertz CT molecular complexity index is 1190. The van der Waals surface area contributed by atoms with Crippen molar-refractivity contribution in [2.24, 2.45) is 5.92 Å². The SMILES string of the molecule is COc1ccc(C([C]=O)(Cc2ccccc2C#CCc2ccccc2)NC(=O)C2CCC2)cc1. The van der Waals surface area contributed by atoms with Gasteiger partial charge in [-0.25, -0.2) is 0 Å². The number of methoxy groups -OCH3 is 1. The van der Waals surface area contributed by atoms with Crippen molar-refractivity contribution in [3.05, 3.63) is 101 Å². The molecule has 0 aromatic heterocycles. The van der Waals surface area contributed by atoms with E-state index in [2.05, 4.69) is 23.4 Å². The second-order valence-electron chi connectivity index (χ2n) is 8.65. The van der Waals surface area contributed by atoms with Gasteiger partial charge in [0.1, 0.15) is 11.3 Å². The van der Waals surface area contributed by atoms with Gasteiger partial charge in [-0.05, 0) is 47.7 Å². The summed E-state index contributed by atoms with van der Waals surface area (Å²) in [6, 6.07) is 25.1. The van der Waals surface area contributed by atoms with Gasteiger partial charge in [-0.1, -0.05) is 78.9 Å². The summed E-state index contributed by atoms with van der Waals surface area (Å²) in [5.41, 5.74) is 2.23. The summed E-state index contributed by atoms with van der Waals surface area (Å²) in [7, 11) is 1.59. The van der Waals surface area contributed by atoms with E-state index < -0.39 is 5.54 Å². The van der Waals surface area contributed by atoms with Crippen molar-refractivity contribution in [3.63, 3.8) is 0 Å². The predicted octanol–water partition coefficient (Wildman–Crippen LogP) is 4.75. The molecule has 3 aromatic rings. The molecule has 1 amide bonds. The third-order valence-electron chi connectivity index (χ3n) is 6.40. The molecule has 3 aromatic carbocycles. The number of hydrogen-bond acceptors (Lipinski definition) is 3. The molecular formula is C30H28NO3. The first-order valence-electron chi connectivity index (χ1n) is 11.6. The van der Waals surface area contributed by atoms with Gasteiger partial charge in [-0.15, -0.1) is 0 Å². The number of carbonyl (C=O) groups is 1. The highest BCUT2D eigenvalue weighted by Gasteiger charge is 2.38. The molecule has 0 saturated heterocycles. The molecule has 1 unspecified atom stereocenters. The Morgan fingerprint density at radius 3 is 2.35 bits per heavy atom. The van der Waals surface area contributed by atoms with Gasteiger partial charge in [0.2, 0.25) is 12.2 Å². The Morgan fingerprint density at radius 2 is 1.71 bits per heavy atom. The average Bonchev–Trinajstić information content (AvgIpc) is 2.84. The molecule has 4 rings (SSSR count). The fourth-order valence-corrected chi connectivity index (χ4v) is 4.12. The Labute approximate surface area is 201 Å². The maximum atomic E-state index is 13.0. The molecule has 4 nitrogen and oxygen atoms in total. The first-order chi connectivity index (χ1) is 16.6. The second-order valence-corrected chi connectivity index (χ2v) is 8.65. The molecule has 1 saturated carbocycles. The van der Waals surface area contributed by atoms with Crippen LogP contribution in [-0.2, 0) is 28.0 Å². The first-order valence-corrected chi connectivity index (χ1v) is 11.6. The van der Waals surface area contributed by atoms with Crippen molar-refractivity contribution in [2.75, 3.05) is 7.11 Å². The molecule has 171 valence electrons. The fourth-order valence-electron chi connectivity index (χ4n) is 4.12. The lowest BCUT2D eigenvalue weighted by molar-refractivity contribution is -0.128. The van der Waals surface area contributed by atoms with E-state index >= 15 is 0 Å². The summed E-state index contributed by atoms with van der Waals surface area (Å²) in [5.74, 6) is 7.04. The van der Waals surface area contributed by atoms with Crippen LogP contribution in [0.2, 0.25) is 0 Å². The third kappa shape index (κ3) is 5.38. The molecular weight excluding hydrogens is 422 g/mol. The minimum Gasteiger partial charge on any atom is -0.497 e. The maximum Gasteiger partial charge on any atom is 0.231 e. The van der Waals surface area contributed by atoms with Crippen LogP contribution in [0.1, 0.15) is 41.5 Å². The summed E-state index contributed by atoms with van der Waals surface area (Å²) in [6.07, 6.45) is 5.83. The number of nitrogens with one attached hydrogen (secondary N) is 1. The van der Waals surface area contributed by atoms with Crippen molar-refractivity contribution in [1.82, 2.24) is 5.32 Å². The number of rotatable bonds is 8. The largest absolute Gasteiger partial charge is 0.497 e. The van der Waals surface area contributed by atoms with Crippen LogP contribution < -0.4 is 10.1 Å². The molecule has 0 heterocycles. The number of amides is 1. The summed E-state index contributed by atoms with van der Waals surface area (Å²) in [4.78, 5) is 25.5. The zero-order valence-electron chi connectivity index (χ0n) is 19.3.